The summed E-state index contributed by atoms with van der Waals surface area (Å²) < 4.78 is 18.1. The molecule has 1 aromatic rings. The van der Waals surface area contributed by atoms with Crippen LogP contribution in [0.4, 0.5) is 0 Å². The third-order valence-corrected chi connectivity index (χ3v) is 10.8. The van der Waals surface area contributed by atoms with Crippen LogP contribution in [0.15, 0.2) is 69.9 Å². The molecule has 0 saturated carbocycles. The first-order valence-corrected chi connectivity index (χ1v) is 14.9. The van der Waals surface area contributed by atoms with Crippen molar-refractivity contribution in [1.82, 2.24) is 0 Å². The molecule has 1 fully saturated rings. The molecule has 6 heterocycles. The van der Waals surface area contributed by atoms with Crippen molar-refractivity contribution in [2.75, 3.05) is 0 Å². The van der Waals surface area contributed by atoms with Gasteiger partial charge < -0.3 is 14.2 Å². The zero-order chi connectivity index (χ0) is 28.7. The van der Waals surface area contributed by atoms with E-state index in [0.717, 1.165) is 0 Å². The third kappa shape index (κ3) is 4.10. The van der Waals surface area contributed by atoms with Gasteiger partial charge in [0.1, 0.15) is 12.2 Å². The van der Waals surface area contributed by atoms with Crippen LogP contribution < -0.4 is 0 Å². The van der Waals surface area contributed by atoms with Gasteiger partial charge in [0, 0.05) is 0 Å². The van der Waals surface area contributed by atoms with Gasteiger partial charge in [-0.2, -0.15) is 0 Å². The maximum absolute atomic E-state index is 6.73. The monoisotopic (exact) mass is 530 g/mol. The van der Waals surface area contributed by atoms with Crippen molar-refractivity contribution in [3.05, 3.63) is 81.0 Å². The quantitative estimate of drug-likeness (QED) is 0.313. The molecule has 3 nitrogen and oxygen atoms in total. The molecule has 6 bridgehead atoms. The van der Waals surface area contributed by atoms with E-state index in [1.807, 2.05) is 0 Å². The summed E-state index contributed by atoms with van der Waals surface area (Å²) in [5.74, 6) is 0. The average Bonchev–Trinajstić information content (AvgIpc) is 3.69. The normalized spacial score (nSPS) is 35.5. The van der Waals surface area contributed by atoms with E-state index in [-0.39, 0.29) is 34.2 Å². The van der Waals surface area contributed by atoms with Gasteiger partial charge in [0.25, 0.3) is 0 Å². The Kier molecular flexibility index (Phi) is 6.81. The molecule has 1 saturated heterocycles. The summed E-state index contributed by atoms with van der Waals surface area (Å²) in [7, 11) is 0. The number of rotatable bonds is 0. The van der Waals surface area contributed by atoms with Crippen LogP contribution in [-0.2, 0) is 14.2 Å². The Bertz CT molecular complexity index is 1200. The number of hydrogen-bond donors (Lipinski definition) is 0. The van der Waals surface area contributed by atoms with E-state index < -0.39 is 0 Å². The molecule has 0 N–H and O–H groups in total. The zero-order valence-corrected chi connectivity index (χ0v) is 26.4. The van der Waals surface area contributed by atoms with E-state index in [0.29, 0.717) is 12.2 Å². The maximum atomic E-state index is 6.73. The van der Waals surface area contributed by atoms with Crippen LogP contribution in [0.5, 0.6) is 0 Å². The number of fused-ring (bicyclic) bond motifs is 9. The highest BCUT2D eigenvalue weighted by molar-refractivity contribution is 5.49. The highest BCUT2D eigenvalue weighted by Gasteiger charge is 2.65. The molecule has 6 unspecified atom stereocenters. The second-order valence-electron chi connectivity index (χ2n) is 14.6. The topological polar surface area (TPSA) is 27.7 Å². The predicted molar refractivity (Wildman–Crippen MR) is 161 cm³/mol. The number of ether oxygens (including phenoxy) is 3. The maximum Gasteiger partial charge on any atom is 0.105 e. The van der Waals surface area contributed by atoms with Crippen LogP contribution in [0, 0.1) is 10.8 Å². The van der Waals surface area contributed by atoms with Gasteiger partial charge in [0.15, 0.2) is 0 Å². The minimum absolute atomic E-state index is 0.0234. The molecule has 1 aromatic carbocycles. The van der Waals surface area contributed by atoms with Crippen LogP contribution in [0.2, 0.25) is 0 Å². The Morgan fingerprint density at radius 1 is 0.590 bits per heavy atom. The van der Waals surface area contributed by atoms with Gasteiger partial charge in [-0.15, -0.1) is 0 Å². The van der Waals surface area contributed by atoms with Crippen molar-refractivity contribution in [1.29, 1.82) is 0 Å². The lowest BCUT2D eigenvalue weighted by molar-refractivity contribution is -0.133. The van der Waals surface area contributed by atoms with E-state index in [2.05, 4.69) is 120 Å². The highest BCUT2D eigenvalue weighted by Crippen LogP contribution is 2.65. The Labute approximate surface area is 237 Å². The summed E-state index contributed by atoms with van der Waals surface area (Å²) in [6, 6.07) is 8.53. The average molecular weight is 531 g/mol. The molecule has 7 rings (SSSR count). The molecule has 39 heavy (non-hydrogen) atoms. The lowest BCUT2D eigenvalue weighted by Gasteiger charge is -2.42. The Morgan fingerprint density at radius 2 is 0.974 bits per heavy atom. The first kappa shape index (κ1) is 28.6. The van der Waals surface area contributed by atoms with E-state index >= 15 is 0 Å². The Morgan fingerprint density at radius 3 is 1.26 bits per heavy atom. The summed E-state index contributed by atoms with van der Waals surface area (Å²) in [4.78, 5) is 0. The third-order valence-electron chi connectivity index (χ3n) is 10.8. The largest absolute Gasteiger partial charge is 0.359 e. The van der Waals surface area contributed by atoms with Crippen LogP contribution >= 0.6 is 0 Å². The van der Waals surface area contributed by atoms with Crippen molar-refractivity contribution in [3.8, 4) is 0 Å². The molecular formula is C36H50O3. The molecule has 3 heteroatoms. The van der Waals surface area contributed by atoms with E-state index in [1.165, 1.54) is 57.4 Å². The fourth-order valence-electron chi connectivity index (χ4n) is 7.81. The van der Waals surface area contributed by atoms with Gasteiger partial charge in [-0.25, -0.2) is 0 Å². The Hall–Kier alpha value is -1.94. The molecular weight excluding hydrogens is 480 g/mol. The summed E-state index contributed by atoms with van der Waals surface area (Å²) in [6.07, 6.45) is 7.75. The van der Waals surface area contributed by atoms with Crippen LogP contribution in [-0.4, -0.2) is 23.4 Å². The van der Waals surface area contributed by atoms with E-state index in [9.17, 15) is 0 Å². The van der Waals surface area contributed by atoms with Crippen molar-refractivity contribution >= 4 is 0 Å². The molecule has 0 amide bonds. The minimum Gasteiger partial charge on any atom is -0.359 e. The fourth-order valence-corrected chi connectivity index (χ4v) is 7.81. The summed E-state index contributed by atoms with van der Waals surface area (Å²) in [5, 5.41) is 0. The fraction of sp³-hybridized carbons (Fsp3) is 0.611. The zero-order valence-electron chi connectivity index (χ0n) is 26.4. The Balaban J connectivity index is 0.000000124. The molecule has 212 valence electrons. The van der Waals surface area contributed by atoms with Gasteiger partial charge in [-0.3, -0.25) is 0 Å². The molecule has 0 aliphatic carbocycles. The van der Waals surface area contributed by atoms with Gasteiger partial charge in [-0.1, -0.05) is 78.0 Å². The smallest absolute Gasteiger partial charge is 0.105 e. The van der Waals surface area contributed by atoms with Crippen molar-refractivity contribution in [2.24, 2.45) is 10.8 Å². The van der Waals surface area contributed by atoms with E-state index in [1.54, 1.807) is 0 Å². The molecule has 0 radical (unpaired) electrons. The second kappa shape index (κ2) is 9.29. The molecule has 0 aromatic heterocycles. The van der Waals surface area contributed by atoms with Crippen LogP contribution in [0.25, 0.3) is 0 Å². The molecule has 6 aliphatic heterocycles. The first-order valence-electron chi connectivity index (χ1n) is 14.9. The van der Waals surface area contributed by atoms with Crippen LogP contribution in [0.3, 0.4) is 0 Å². The standard InChI is InChI=1S/C16H28O.C12H12O.C8H10O/c1-11-12(2)16(14(6,7)8)10-9-15(11,17-16)13(3,4)5;1-7-8(2)12-10-6-4-3-5-9(10)11(7)13-12;1-5-6(2)8-4-3-7(5)9-8/h9-10H2,1-8H3;3-6,11-12H,1-2H3;3-4,7-8H,1-2H3. The molecule has 6 atom stereocenters. The molecule has 6 aliphatic rings. The van der Waals surface area contributed by atoms with Gasteiger partial charge in [0.2, 0.25) is 0 Å². The highest BCUT2D eigenvalue weighted by atomic mass is 16.5. The summed E-state index contributed by atoms with van der Waals surface area (Å²) in [6.45, 7) is 27.1. The van der Waals surface area contributed by atoms with Gasteiger partial charge >= 0.3 is 0 Å². The first-order chi connectivity index (χ1) is 18.1. The van der Waals surface area contributed by atoms with E-state index in [4.69, 9.17) is 14.2 Å². The number of benzene rings is 1. The predicted octanol–water partition coefficient (Wildman–Crippen LogP) is 9.53. The summed E-state index contributed by atoms with van der Waals surface area (Å²) in [5.41, 5.74) is 11.7. The summed E-state index contributed by atoms with van der Waals surface area (Å²) >= 11 is 0. The SMILES string of the molecule is CC1=C(C)C2(C(C)(C)C)CCC1(C(C)(C)C)O2.CC1=C(C)C2C=CC1O2.CC1=C(C)C2OC1c1ccccc12. The second-order valence-corrected chi connectivity index (χ2v) is 14.6. The minimum atomic E-state index is -0.0234. The van der Waals surface area contributed by atoms with Crippen molar-refractivity contribution < 1.29 is 14.2 Å². The van der Waals surface area contributed by atoms with Gasteiger partial charge in [0.05, 0.1) is 23.4 Å². The van der Waals surface area contributed by atoms with Crippen molar-refractivity contribution in [3.63, 3.8) is 0 Å². The lowest BCUT2D eigenvalue weighted by Crippen LogP contribution is -2.44. The van der Waals surface area contributed by atoms with Crippen LogP contribution in [0.1, 0.15) is 119 Å². The lowest BCUT2D eigenvalue weighted by atomic mass is 9.62. The number of hydrogen-bond acceptors (Lipinski definition) is 3. The molecule has 0 spiro atoms. The van der Waals surface area contributed by atoms with Gasteiger partial charge in [-0.05, 0) is 110 Å². The van der Waals surface area contributed by atoms with Crippen molar-refractivity contribution in [2.45, 2.75) is 132 Å².